The van der Waals surface area contributed by atoms with Crippen LogP contribution in [0.5, 0.6) is 11.5 Å². The highest BCUT2D eigenvalue weighted by atomic mass is 127. The summed E-state index contributed by atoms with van der Waals surface area (Å²) in [7, 11) is 1.43. The van der Waals surface area contributed by atoms with Gasteiger partial charge in [0, 0.05) is 17.2 Å². The molecule has 1 aliphatic rings. The topological polar surface area (TPSA) is 128 Å². The number of methoxy groups -OCH3 is 1. The molecule has 0 spiro atoms. The average Bonchev–Trinajstić information content (AvgIpc) is 2.87. The van der Waals surface area contributed by atoms with Crippen LogP contribution in [0.4, 0.5) is 16.2 Å². The number of anilines is 1. The van der Waals surface area contributed by atoms with Gasteiger partial charge in [-0.1, -0.05) is 29.8 Å². The second-order valence-electron chi connectivity index (χ2n) is 8.14. The van der Waals surface area contributed by atoms with E-state index in [0.29, 0.717) is 36.8 Å². The third-order valence-corrected chi connectivity index (χ3v) is 6.62. The number of hydrogen-bond donors (Lipinski definition) is 1. The number of imide groups is 2. The van der Waals surface area contributed by atoms with Crippen LogP contribution in [0.2, 0.25) is 5.02 Å². The lowest BCUT2D eigenvalue weighted by Gasteiger charge is -2.27. The highest BCUT2D eigenvalue weighted by Gasteiger charge is 2.37. The van der Waals surface area contributed by atoms with Gasteiger partial charge in [0.25, 0.3) is 17.5 Å². The first kappa shape index (κ1) is 27.1. The van der Waals surface area contributed by atoms with Crippen LogP contribution in [0.1, 0.15) is 16.7 Å². The van der Waals surface area contributed by atoms with Gasteiger partial charge < -0.3 is 9.47 Å². The summed E-state index contributed by atoms with van der Waals surface area (Å²) in [6.45, 7) is 1.76. The number of urea groups is 1. The molecule has 0 radical (unpaired) electrons. The normalized spacial score (nSPS) is 14.5. The maximum absolute atomic E-state index is 13.3. The first-order chi connectivity index (χ1) is 18.1. The van der Waals surface area contributed by atoms with Crippen LogP contribution in [0, 0.1) is 20.6 Å². The Bertz CT molecular complexity index is 1520. The molecule has 0 bridgehead atoms. The Kier molecular flexibility index (Phi) is 7.97. The van der Waals surface area contributed by atoms with Crippen molar-refractivity contribution in [3.05, 3.63) is 95.6 Å². The van der Waals surface area contributed by atoms with E-state index in [0.717, 1.165) is 4.90 Å². The van der Waals surface area contributed by atoms with E-state index in [1.165, 1.54) is 31.4 Å². The number of non-ortho nitro benzene ring substituents is 1. The average molecular weight is 648 g/mol. The molecule has 3 aromatic rings. The van der Waals surface area contributed by atoms with Crippen LogP contribution in [-0.4, -0.2) is 29.9 Å². The molecular weight excluding hydrogens is 629 g/mol. The van der Waals surface area contributed by atoms with Gasteiger partial charge in [0.2, 0.25) is 0 Å². The number of barbiturate groups is 1. The number of nitrogens with zero attached hydrogens (tertiary/aromatic N) is 2. The van der Waals surface area contributed by atoms with Crippen molar-refractivity contribution < 1.29 is 28.8 Å². The van der Waals surface area contributed by atoms with Crippen LogP contribution in [0.15, 0.2) is 60.2 Å². The molecule has 12 heteroatoms. The van der Waals surface area contributed by atoms with Crippen molar-refractivity contribution in [3.8, 4) is 11.5 Å². The lowest BCUT2D eigenvalue weighted by Crippen LogP contribution is -2.54. The molecule has 1 N–H and O–H groups in total. The molecule has 4 rings (SSSR count). The Morgan fingerprint density at radius 1 is 1.13 bits per heavy atom. The Labute approximate surface area is 235 Å². The molecule has 0 atom stereocenters. The van der Waals surface area contributed by atoms with Gasteiger partial charge in [-0.05, 0) is 76.5 Å². The monoisotopic (exact) mass is 647 g/mol. The van der Waals surface area contributed by atoms with E-state index in [1.807, 2.05) is 22.6 Å². The molecule has 10 nitrogen and oxygen atoms in total. The fraction of sp³-hybridized carbons (Fsp3) is 0.115. The zero-order valence-electron chi connectivity index (χ0n) is 20.0. The molecular formula is C26H19ClIN3O7. The maximum Gasteiger partial charge on any atom is 0.335 e. The molecule has 1 saturated heterocycles. The number of benzene rings is 3. The second kappa shape index (κ2) is 11.2. The molecule has 194 valence electrons. The van der Waals surface area contributed by atoms with Gasteiger partial charge in [-0.3, -0.25) is 25.0 Å². The predicted octanol–water partition coefficient (Wildman–Crippen LogP) is 5.42. The molecule has 1 fully saturated rings. The fourth-order valence-electron chi connectivity index (χ4n) is 3.74. The fourth-order valence-corrected chi connectivity index (χ4v) is 4.69. The number of nitro groups is 1. The number of aryl methyl sites for hydroxylation is 1. The van der Waals surface area contributed by atoms with Gasteiger partial charge in [-0.2, -0.15) is 0 Å². The van der Waals surface area contributed by atoms with Crippen molar-refractivity contribution in [2.75, 3.05) is 12.0 Å². The van der Waals surface area contributed by atoms with Crippen molar-refractivity contribution in [2.24, 2.45) is 0 Å². The number of rotatable bonds is 7. The van der Waals surface area contributed by atoms with Crippen LogP contribution >= 0.6 is 34.2 Å². The first-order valence-corrected chi connectivity index (χ1v) is 12.5. The van der Waals surface area contributed by atoms with Crippen molar-refractivity contribution >= 4 is 69.5 Å². The minimum absolute atomic E-state index is 0.0471. The van der Waals surface area contributed by atoms with Crippen LogP contribution < -0.4 is 19.7 Å². The summed E-state index contributed by atoms with van der Waals surface area (Å²) in [6.07, 6.45) is 1.35. The molecule has 0 saturated carbocycles. The quantitative estimate of drug-likeness (QED) is 0.119. The van der Waals surface area contributed by atoms with Crippen molar-refractivity contribution in [2.45, 2.75) is 13.5 Å². The molecule has 1 heterocycles. The third-order valence-electron chi connectivity index (χ3n) is 5.58. The Hall–Kier alpha value is -3.97. The lowest BCUT2D eigenvalue weighted by atomic mass is 10.1. The number of hydrogen-bond acceptors (Lipinski definition) is 7. The van der Waals surface area contributed by atoms with E-state index in [9.17, 15) is 24.5 Å². The molecule has 4 amide bonds. The third kappa shape index (κ3) is 5.63. The van der Waals surface area contributed by atoms with E-state index < -0.39 is 22.8 Å². The van der Waals surface area contributed by atoms with Crippen molar-refractivity contribution in [3.63, 3.8) is 0 Å². The standard InChI is InChI=1S/C26H19ClIN3O7/c1-14-6-7-17(27)12-21(14)30-25(33)19(24(32)29-26(30)34)9-16-10-20(28)23(22(11-16)37-2)38-13-15-4-3-5-18(8-15)31(35)36/h3-12H,13H2,1-2H3,(H,29,32,34)/b19-9+. The predicted molar refractivity (Wildman–Crippen MR) is 148 cm³/mol. The van der Waals surface area contributed by atoms with Gasteiger partial charge >= 0.3 is 6.03 Å². The SMILES string of the molecule is COc1cc(/C=C2\C(=O)NC(=O)N(c3cc(Cl)ccc3C)C2=O)cc(I)c1OCc1cccc([N+](=O)[O-])c1. The highest BCUT2D eigenvalue weighted by Crippen LogP contribution is 2.36. The van der Waals surface area contributed by atoms with Gasteiger partial charge in [0.1, 0.15) is 12.2 Å². The number of amides is 4. The van der Waals surface area contributed by atoms with E-state index in [-0.39, 0.29) is 23.6 Å². The summed E-state index contributed by atoms with van der Waals surface area (Å²) in [5.41, 5.74) is 1.61. The van der Waals surface area contributed by atoms with Gasteiger partial charge in [0.15, 0.2) is 11.5 Å². The molecule has 0 unspecified atom stereocenters. The van der Waals surface area contributed by atoms with Gasteiger partial charge in [-0.15, -0.1) is 0 Å². The molecule has 0 aliphatic carbocycles. The molecule has 3 aromatic carbocycles. The van der Waals surface area contributed by atoms with Crippen LogP contribution in [-0.2, 0) is 16.2 Å². The number of nitrogens with one attached hydrogen (secondary N) is 1. The van der Waals surface area contributed by atoms with E-state index in [1.54, 1.807) is 43.3 Å². The number of ether oxygens (including phenoxy) is 2. The van der Waals surface area contributed by atoms with Crippen molar-refractivity contribution in [1.82, 2.24) is 5.32 Å². The zero-order valence-corrected chi connectivity index (χ0v) is 22.9. The van der Waals surface area contributed by atoms with E-state index in [4.69, 9.17) is 21.1 Å². The first-order valence-electron chi connectivity index (χ1n) is 11.0. The van der Waals surface area contributed by atoms with E-state index in [2.05, 4.69) is 5.32 Å². The van der Waals surface area contributed by atoms with Gasteiger partial charge in [0.05, 0.1) is 21.3 Å². The number of halogens is 2. The summed E-state index contributed by atoms with van der Waals surface area (Å²) in [5, 5.41) is 13.6. The second-order valence-corrected chi connectivity index (χ2v) is 9.74. The van der Waals surface area contributed by atoms with Crippen molar-refractivity contribution in [1.29, 1.82) is 0 Å². The summed E-state index contributed by atoms with van der Waals surface area (Å²) in [6, 6.07) is 13.2. The Balaban J connectivity index is 1.65. The summed E-state index contributed by atoms with van der Waals surface area (Å²) < 4.78 is 12.0. The summed E-state index contributed by atoms with van der Waals surface area (Å²) >= 11 is 8.09. The highest BCUT2D eigenvalue weighted by molar-refractivity contribution is 14.1. The Morgan fingerprint density at radius 3 is 2.61 bits per heavy atom. The number of carbonyl (C=O) groups is 3. The largest absolute Gasteiger partial charge is 0.493 e. The zero-order chi connectivity index (χ0) is 27.6. The molecule has 0 aromatic heterocycles. The minimum atomic E-state index is -0.875. The number of nitro benzene ring substituents is 1. The minimum Gasteiger partial charge on any atom is -0.493 e. The van der Waals surface area contributed by atoms with Crippen LogP contribution in [0.3, 0.4) is 0 Å². The summed E-state index contributed by atoms with van der Waals surface area (Å²) in [5.74, 6) is -0.941. The Morgan fingerprint density at radius 2 is 1.89 bits per heavy atom. The molecule has 1 aliphatic heterocycles. The maximum atomic E-state index is 13.3. The van der Waals surface area contributed by atoms with Gasteiger partial charge in [-0.25, -0.2) is 9.69 Å². The summed E-state index contributed by atoms with van der Waals surface area (Å²) in [4.78, 5) is 49.9. The number of carbonyl (C=O) groups excluding carboxylic acids is 3. The molecule has 38 heavy (non-hydrogen) atoms. The van der Waals surface area contributed by atoms with E-state index >= 15 is 0 Å². The lowest BCUT2D eigenvalue weighted by molar-refractivity contribution is -0.384. The smallest absolute Gasteiger partial charge is 0.335 e. The van der Waals surface area contributed by atoms with Crippen LogP contribution in [0.25, 0.3) is 6.08 Å².